The smallest absolute Gasteiger partial charge is 0.342 e. The molecule has 5 heteroatoms. The Labute approximate surface area is 105 Å². The third-order valence-corrected chi connectivity index (χ3v) is 3.10. The molecular weight excluding hydrogens is 237 g/mol. The van der Waals surface area contributed by atoms with E-state index in [-0.39, 0.29) is 0 Å². The van der Waals surface area contributed by atoms with Gasteiger partial charge < -0.3 is 4.90 Å². The molecule has 0 unspecified atom stereocenters. The summed E-state index contributed by atoms with van der Waals surface area (Å²) in [5.41, 5.74) is 1.97. The average molecular weight is 253 g/mol. The summed E-state index contributed by atoms with van der Waals surface area (Å²) in [6.45, 7) is 2.50. The van der Waals surface area contributed by atoms with Gasteiger partial charge in [0.05, 0.1) is 12.7 Å². The van der Waals surface area contributed by atoms with Crippen molar-refractivity contribution in [2.45, 2.75) is 26.1 Å². The number of hydrogen-bond acceptors (Lipinski definition) is 4. The minimum atomic E-state index is -0.929. The maximum atomic E-state index is 13.6. The van der Waals surface area contributed by atoms with E-state index in [2.05, 4.69) is 9.78 Å². The van der Waals surface area contributed by atoms with Crippen molar-refractivity contribution in [3.05, 3.63) is 29.3 Å². The van der Waals surface area contributed by atoms with Crippen molar-refractivity contribution in [2.24, 2.45) is 0 Å². The van der Waals surface area contributed by atoms with Gasteiger partial charge in [-0.05, 0) is 43.5 Å². The second-order valence-corrected chi connectivity index (χ2v) is 4.31. The Bertz CT molecular complexity index is 450. The Morgan fingerprint density at radius 2 is 2.28 bits per heavy atom. The number of carbonyl (C=O) groups excluding carboxylic acids is 1. The van der Waals surface area contributed by atoms with Gasteiger partial charge in [-0.3, -0.25) is 4.89 Å². The molecular formula is C13H16FNO3. The van der Waals surface area contributed by atoms with Crippen LogP contribution in [0.4, 0.5) is 10.1 Å². The van der Waals surface area contributed by atoms with Crippen LogP contribution in [0, 0.1) is 6.92 Å². The molecule has 0 bridgehead atoms. The quantitative estimate of drug-likeness (QED) is 0.471. The Balaban J connectivity index is 2.22. The van der Waals surface area contributed by atoms with Crippen LogP contribution < -0.4 is 4.90 Å². The summed E-state index contributed by atoms with van der Waals surface area (Å²) in [7, 11) is 1.28. The number of alkyl halides is 1. The number of nitrogens with zero attached hydrogens (tertiary/aromatic N) is 1. The van der Waals surface area contributed by atoms with Crippen LogP contribution in [0.15, 0.2) is 18.2 Å². The van der Waals surface area contributed by atoms with Crippen molar-refractivity contribution >= 4 is 11.7 Å². The first-order chi connectivity index (χ1) is 8.63. The van der Waals surface area contributed by atoms with E-state index in [0.29, 0.717) is 18.5 Å². The van der Waals surface area contributed by atoms with Crippen LogP contribution in [0.2, 0.25) is 0 Å². The lowest BCUT2D eigenvalue weighted by Crippen LogP contribution is -2.25. The van der Waals surface area contributed by atoms with Crippen LogP contribution in [0.5, 0.6) is 0 Å². The number of rotatable bonds is 3. The molecule has 1 aromatic carbocycles. The van der Waals surface area contributed by atoms with E-state index in [1.54, 1.807) is 30.0 Å². The van der Waals surface area contributed by atoms with Crippen LogP contribution >= 0.6 is 0 Å². The fourth-order valence-electron chi connectivity index (χ4n) is 2.19. The summed E-state index contributed by atoms with van der Waals surface area (Å²) in [5, 5.41) is 0. The van der Waals surface area contributed by atoms with Gasteiger partial charge in [0.15, 0.2) is 6.30 Å². The summed E-state index contributed by atoms with van der Waals surface area (Å²) in [5.74, 6) is -0.542. The zero-order valence-electron chi connectivity index (χ0n) is 10.5. The Morgan fingerprint density at radius 1 is 1.50 bits per heavy atom. The Hall–Kier alpha value is -1.62. The van der Waals surface area contributed by atoms with Gasteiger partial charge in [-0.1, -0.05) is 0 Å². The molecule has 1 aliphatic rings. The normalized spacial score (nSPS) is 19.1. The van der Waals surface area contributed by atoms with Crippen molar-refractivity contribution < 1.29 is 19.0 Å². The average Bonchev–Trinajstić information content (AvgIpc) is 2.75. The zero-order chi connectivity index (χ0) is 13.1. The van der Waals surface area contributed by atoms with Crippen molar-refractivity contribution in [1.82, 2.24) is 0 Å². The molecule has 18 heavy (non-hydrogen) atoms. The predicted octanol–water partition coefficient (Wildman–Crippen LogP) is 2.61. The summed E-state index contributed by atoms with van der Waals surface area (Å²) in [6, 6.07) is 5.17. The van der Waals surface area contributed by atoms with E-state index in [0.717, 1.165) is 17.7 Å². The van der Waals surface area contributed by atoms with Gasteiger partial charge in [0.25, 0.3) is 0 Å². The second kappa shape index (κ2) is 5.35. The highest BCUT2D eigenvalue weighted by Gasteiger charge is 2.24. The summed E-state index contributed by atoms with van der Waals surface area (Å²) >= 11 is 0. The second-order valence-electron chi connectivity index (χ2n) is 4.31. The molecule has 0 radical (unpaired) electrons. The van der Waals surface area contributed by atoms with E-state index in [1.807, 2.05) is 0 Å². The molecule has 1 fully saturated rings. The van der Waals surface area contributed by atoms with Crippen LogP contribution in [0.3, 0.4) is 0 Å². The van der Waals surface area contributed by atoms with Crippen molar-refractivity contribution in [1.29, 1.82) is 0 Å². The van der Waals surface area contributed by atoms with E-state index >= 15 is 0 Å². The van der Waals surface area contributed by atoms with Crippen LogP contribution in [0.25, 0.3) is 0 Å². The predicted molar refractivity (Wildman–Crippen MR) is 65.1 cm³/mol. The third-order valence-electron chi connectivity index (χ3n) is 3.10. The standard InChI is InChI=1S/C13H16FNO3/c1-9-8-10(15-7-3-4-12(15)14)5-6-11(9)13(16)18-17-2/h5-6,8,12H,3-4,7H2,1-2H3/t12-/m1/s1. The zero-order valence-corrected chi connectivity index (χ0v) is 10.5. The lowest BCUT2D eigenvalue weighted by Gasteiger charge is -2.21. The number of anilines is 1. The molecule has 2 rings (SSSR count). The third kappa shape index (κ3) is 2.46. The van der Waals surface area contributed by atoms with Gasteiger partial charge in [0, 0.05) is 12.2 Å². The molecule has 0 amide bonds. The first-order valence-electron chi connectivity index (χ1n) is 5.90. The largest absolute Gasteiger partial charge is 0.373 e. The first kappa shape index (κ1) is 12.8. The van der Waals surface area contributed by atoms with Crippen LogP contribution in [-0.4, -0.2) is 25.9 Å². The number of halogens is 1. The van der Waals surface area contributed by atoms with Gasteiger partial charge >= 0.3 is 5.97 Å². The number of aryl methyl sites for hydroxylation is 1. The van der Waals surface area contributed by atoms with E-state index in [1.165, 1.54) is 7.11 Å². The highest BCUT2D eigenvalue weighted by molar-refractivity contribution is 5.91. The van der Waals surface area contributed by atoms with Crippen LogP contribution in [0.1, 0.15) is 28.8 Å². The van der Waals surface area contributed by atoms with E-state index in [4.69, 9.17) is 0 Å². The minimum absolute atomic E-state index is 0.426. The molecule has 4 nitrogen and oxygen atoms in total. The number of hydrogen-bond donors (Lipinski definition) is 0. The molecule has 0 spiro atoms. The molecule has 0 N–H and O–H groups in total. The molecule has 0 aromatic heterocycles. The van der Waals surface area contributed by atoms with Gasteiger partial charge in [0.2, 0.25) is 0 Å². The molecule has 1 aliphatic heterocycles. The Morgan fingerprint density at radius 3 is 2.83 bits per heavy atom. The fourth-order valence-corrected chi connectivity index (χ4v) is 2.19. The van der Waals surface area contributed by atoms with Crippen LogP contribution in [-0.2, 0) is 9.78 Å². The fraction of sp³-hybridized carbons (Fsp3) is 0.462. The minimum Gasteiger partial charge on any atom is -0.342 e. The molecule has 1 heterocycles. The maximum Gasteiger partial charge on any atom is 0.373 e. The topological polar surface area (TPSA) is 38.8 Å². The Kier molecular flexibility index (Phi) is 3.81. The highest BCUT2D eigenvalue weighted by Crippen LogP contribution is 2.28. The maximum absolute atomic E-state index is 13.6. The monoisotopic (exact) mass is 253 g/mol. The molecule has 98 valence electrons. The lowest BCUT2D eigenvalue weighted by atomic mass is 10.1. The summed E-state index contributed by atoms with van der Waals surface area (Å²) in [4.78, 5) is 22.0. The molecule has 0 saturated carbocycles. The van der Waals surface area contributed by atoms with Gasteiger partial charge in [0.1, 0.15) is 0 Å². The first-order valence-corrected chi connectivity index (χ1v) is 5.90. The number of carbonyl (C=O) groups is 1. The van der Waals surface area contributed by atoms with Gasteiger partial charge in [-0.15, -0.1) is 0 Å². The summed E-state index contributed by atoms with van der Waals surface area (Å²) < 4.78 is 13.6. The SMILES string of the molecule is COOC(=O)c1ccc(N2CCC[C@@H]2F)cc1C. The molecule has 0 aliphatic carbocycles. The van der Waals surface area contributed by atoms with E-state index in [9.17, 15) is 9.18 Å². The summed E-state index contributed by atoms with van der Waals surface area (Å²) in [6.07, 6.45) is 0.487. The van der Waals surface area contributed by atoms with Gasteiger partial charge in [-0.25, -0.2) is 9.18 Å². The number of benzene rings is 1. The van der Waals surface area contributed by atoms with Crippen molar-refractivity contribution in [3.63, 3.8) is 0 Å². The van der Waals surface area contributed by atoms with E-state index < -0.39 is 12.3 Å². The molecule has 1 atom stereocenters. The van der Waals surface area contributed by atoms with Crippen molar-refractivity contribution in [2.75, 3.05) is 18.6 Å². The molecule has 1 saturated heterocycles. The van der Waals surface area contributed by atoms with Crippen molar-refractivity contribution in [3.8, 4) is 0 Å². The highest BCUT2D eigenvalue weighted by atomic mass is 19.1. The molecule has 1 aromatic rings. The van der Waals surface area contributed by atoms with Gasteiger partial charge in [-0.2, -0.15) is 4.89 Å². The lowest BCUT2D eigenvalue weighted by molar-refractivity contribution is -0.216.